The first kappa shape index (κ1) is 13.9. The molecule has 1 amide bonds. The van der Waals surface area contributed by atoms with Crippen LogP contribution in [-0.4, -0.2) is 25.4 Å². The zero-order chi connectivity index (χ0) is 12.7. The van der Waals surface area contributed by atoms with Crippen molar-refractivity contribution in [3.8, 4) is 5.75 Å². The van der Waals surface area contributed by atoms with E-state index in [9.17, 15) is 4.79 Å². The molecular weight excluding hydrogens is 261 g/mol. The summed E-state index contributed by atoms with van der Waals surface area (Å²) in [6, 6.07) is 4.88. The first-order valence-electron chi connectivity index (χ1n) is 5.01. The highest BCUT2D eigenvalue weighted by Gasteiger charge is 2.11. The van der Waals surface area contributed by atoms with E-state index in [2.05, 4.69) is 5.32 Å². The third-order valence-corrected chi connectivity index (χ3v) is 2.46. The lowest BCUT2D eigenvalue weighted by Crippen LogP contribution is -2.23. The molecule has 0 radical (unpaired) electrons. The summed E-state index contributed by atoms with van der Waals surface area (Å²) in [5.74, 6) is 0.675. The monoisotopic (exact) mass is 273 g/mol. The molecule has 0 bridgehead atoms. The number of amides is 1. The summed E-state index contributed by atoms with van der Waals surface area (Å²) >= 11 is 11.3. The predicted octanol–water partition coefficient (Wildman–Crippen LogP) is 2.87. The maximum Gasteiger partial charge on any atom is 0.255 e. The van der Waals surface area contributed by atoms with Gasteiger partial charge >= 0.3 is 0 Å². The van der Waals surface area contributed by atoms with Gasteiger partial charge < -0.3 is 10.1 Å². The second kappa shape index (κ2) is 7.20. The summed E-state index contributed by atoms with van der Waals surface area (Å²) in [5.41, 5.74) is 0.455. The number of allylic oxidation sites excluding steroid dienone is 1. The number of hydrogen-bond acceptors (Lipinski definition) is 2. The third-order valence-electron chi connectivity index (χ3n) is 2.04. The maximum atomic E-state index is 11.8. The van der Waals surface area contributed by atoms with Crippen molar-refractivity contribution in [2.75, 3.05) is 19.5 Å². The number of ether oxygens (including phenoxy) is 1. The second-order valence-electron chi connectivity index (χ2n) is 3.18. The van der Waals surface area contributed by atoms with E-state index in [0.717, 1.165) is 0 Å². The molecule has 0 unspecified atom stereocenters. The molecule has 0 aliphatic rings. The number of carbonyl (C=O) groups is 1. The second-order valence-corrected chi connectivity index (χ2v) is 3.93. The smallest absolute Gasteiger partial charge is 0.255 e. The number of carbonyl (C=O) groups excluding carboxylic acids is 1. The molecule has 1 aromatic carbocycles. The minimum atomic E-state index is -0.210. The van der Waals surface area contributed by atoms with E-state index in [-0.39, 0.29) is 5.91 Å². The van der Waals surface area contributed by atoms with Gasteiger partial charge in [0.2, 0.25) is 0 Å². The number of methoxy groups -OCH3 is 1. The van der Waals surface area contributed by atoms with E-state index in [1.54, 1.807) is 30.4 Å². The van der Waals surface area contributed by atoms with Gasteiger partial charge in [0, 0.05) is 17.4 Å². The minimum Gasteiger partial charge on any atom is -0.496 e. The number of benzene rings is 1. The molecular formula is C12H13Cl2NO2. The van der Waals surface area contributed by atoms with Gasteiger partial charge in [-0.05, 0) is 18.2 Å². The Labute approximate surface area is 110 Å². The van der Waals surface area contributed by atoms with Crippen LogP contribution in [-0.2, 0) is 0 Å². The largest absolute Gasteiger partial charge is 0.496 e. The van der Waals surface area contributed by atoms with Crippen LogP contribution in [0.5, 0.6) is 5.75 Å². The van der Waals surface area contributed by atoms with Gasteiger partial charge in [0.05, 0.1) is 12.7 Å². The van der Waals surface area contributed by atoms with Crippen LogP contribution in [0.4, 0.5) is 0 Å². The molecule has 0 fully saturated rings. The van der Waals surface area contributed by atoms with Gasteiger partial charge in [-0.3, -0.25) is 4.79 Å². The summed E-state index contributed by atoms with van der Waals surface area (Å²) < 4.78 is 5.09. The number of nitrogens with one attached hydrogen (secondary N) is 1. The molecule has 3 nitrogen and oxygen atoms in total. The van der Waals surface area contributed by atoms with Crippen LogP contribution < -0.4 is 10.1 Å². The SMILES string of the molecule is COc1cc(Cl)ccc1C(=O)NC/C=C/CCl. The molecule has 1 aromatic rings. The van der Waals surface area contributed by atoms with Gasteiger partial charge in [-0.2, -0.15) is 0 Å². The summed E-state index contributed by atoms with van der Waals surface area (Å²) in [7, 11) is 1.50. The quantitative estimate of drug-likeness (QED) is 0.662. The van der Waals surface area contributed by atoms with Crippen molar-refractivity contribution in [2.45, 2.75) is 0 Å². The van der Waals surface area contributed by atoms with Gasteiger partial charge in [0.15, 0.2) is 0 Å². The van der Waals surface area contributed by atoms with Crippen molar-refractivity contribution >= 4 is 29.1 Å². The zero-order valence-electron chi connectivity index (χ0n) is 9.37. The number of rotatable bonds is 5. The molecule has 5 heteroatoms. The van der Waals surface area contributed by atoms with Gasteiger partial charge in [0.25, 0.3) is 5.91 Å². The summed E-state index contributed by atoms with van der Waals surface area (Å²) in [6.07, 6.45) is 3.55. The fourth-order valence-electron chi connectivity index (χ4n) is 1.25. The standard InChI is InChI=1S/C12H13Cl2NO2/c1-17-11-8-9(14)4-5-10(11)12(16)15-7-3-2-6-13/h2-5,8H,6-7H2,1H3,(H,15,16)/b3-2+. The Bertz CT molecular complexity index is 419. The van der Waals surface area contributed by atoms with Gasteiger partial charge in [-0.15, -0.1) is 11.6 Å². The van der Waals surface area contributed by atoms with Gasteiger partial charge in [-0.25, -0.2) is 0 Å². The van der Waals surface area contributed by atoms with Crippen molar-refractivity contribution in [3.05, 3.63) is 40.9 Å². The number of hydrogen-bond donors (Lipinski definition) is 1. The minimum absolute atomic E-state index is 0.210. The highest BCUT2D eigenvalue weighted by Crippen LogP contribution is 2.22. The lowest BCUT2D eigenvalue weighted by atomic mass is 10.2. The van der Waals surface area contributed by atoms with E-state index in [4.69, 9.17) is 27.9 Å². The molecule has 0 aromatic heterocycles. The fraction of sp³-hybridized carbons (Fsp3) is 0.250. The molecule has 0 heterocycles. The van der Waals surface area contributed by atoms with E-state index < -0.39 is 0 Å². The van der Waals surface area contributed by atoms with Crippen molar-refractivity contribution in [1.29, 1.82) is 0 Å². The fourth-order valence-corrected chi connectivity index (χ4v) is 1.53. The van der Waals surface area contributed by atoms with E-state index in [0.29, 0.717) is 28.8 Å². The molecule has 1 N–H and O–H groups in total. The van der Waals surface area contributed by atoms with E-state index in [1.807, 2.05) is 0 Å². The molecule has 0 saturated heterocycles. The number of halogens is 2. The lowest BCUT2D eigenvalue weighted by molar-refractivity contribution is 0.0955. The molecule has 17 heavy (non-hydrogen) atoms. The van der Waals surface area contributed by atoms with Crippen molar-refractivity contribution in [2.24, 2.45) is 0 Å². The Morgan fingerprint density at radius 2 is 2.24 bits per heavy atom. The highest BCUT2D eigenvalue weighted by molar-refractivity contribution is 6.30. The van der Waals surface area contributed by atoms with Crippen LogP contribution in [0.15, 0.2) is 30.4 Å². The van der Waals surface area contributed by atoms with Crippen molar-refractivity contribution in [1.82, 2.24) is 5.32 Å². The first-order chi connectivity index (χ1) is 8.19. The van der Waals surface area contributed by atoms with E-state index >= 15 is 0 Å². The van der Waals surface area contributed by atoms with Crippen LogP contribution in [0.25, 0.3) is 0 Å². The van der Waals surface area contributed by atoms with Gasteiger partial charge in [0.1, 0.15) is 5.75 Å². The summed E-state index contributed by atoms with van der Waals surface area (Å²) in [5, 5.41) is 3.25. The zero-order valence-corrected chi connectivity index (χ0v) is 10.9. The van der Waals surface area contributed by atoms with Crippen LogP contribution in [0.2, 0.25) is 5.02 Å². The number of alkyl halides is 1. The Morgan fingerprint density at radius 3 is 2.88 bits per heavy atom. The molecule has 0 aliphatic carbocycles. The maximum absolute atomic E-state index is 11.8. The van der Waals surface area contributed by atoms with E-state index in [1.165, 1.54) is 7.11 Å². The highest BCUT2D eigenvalue weighted by atomic mass is 35.5. The first-order valence-corrected chi connectivity index (χ1v) is 5.93. The Balaban J connectivity index is 2.71. The molecule has 1 rings (SSSR count). The Hall–Kier alpha value is -1.19. The average Bonchev–Trinajstić information content (AvgIpc) is 2.34. The lowest BCUT2D eigenvalue weighted by Gasteiger charge is -2.08. The molecule has 0 spiro atoms. The van der Waals surface area contributed by atoms with Crippen molar-refractivity contribution < 1.29 is 9.53 Å². The van der Waals surface area contributed by atoms with Crippen LogP contribution in [0.3, 0.4) is 0 Å². The normalized spacial score (nSPS) is 10.5. The molecule has 0 saturated carbocycles. The summed E-state index contributed by atoms with van der Waals surface area (Å²) in [6.45, 7) is 0.428. The summed E-state index contributed by atoms with van der Waals surface area (Å²) in [4.78, 5) is 11.8. The van der Waals surface area contributed by atoms with Crippen LogP contribution in [0.1, 0.15) is 10.4 Å². The molecule has 92 valence electrons. The topological polar surface area (TPSA) is 38.3 Å². The molecule has 0 atom stereocenters. The average molecular weight is 274 g/mol. The van der Waals surface area contributed by atoms with Crippen molar-refractivity contribution in [3.63, 3.8) is 0 Å². The Morgan fingerprint density at radius 1 is 1.47 bits per heavy atom. The molecule has 0 aliphatic heterocycles. The van der Waals surface area contributed by atoms with Crippen LogP contribution >= 0.6 is 23.2 Å². The third kappa shape index (κ3) is 4.29. The predicted molar refractivity (Wildman–Crippen MR) is 70.2 cm³/mol. The van der Waals surface area contributed by atoms with Gasteiger partial charge in [-0.1, -0.05) is 23.8 Å². The van der Waals surface area contributed by atoms with Crippen LogP contribution in [0, 0.1) is 0 Å². The Kier molecular flexibility index (Phi) is 5.87.